The van der Waals surface area contributed by atoms with Gasteiger partial charge in [-0.3, -0.25) is 4.79 Å². The highest BCUT2D eigenvalue weighted by atomic mass is 16.5. The SMILES string of the molecule is COC(=O)[C@@H](CO)NC(=O)COc1ccc(C(C)(C)C)cc1. The zero-order valence-electron chi connectivity index (χ0n) is 13.4. The number of hydrogen-bond acceptors (Lipinski definition) is 5. The first-order valence-corrected chi connectivity index (χ1v) is 6.99. The van der Waals surface area contributed by atoms with Crippen LogP contribution in [0.5, 0.6) is 5.75 Å². The van der Waals surface area contributed by atoms with Crippen molar-refractivity contribution in [3.8, 4) is 5.75 Å². The molecule has 1 atom stereocenters. The van der Waals surface area contributed by atoms with Crippen LogP contribution in [0.1, 0.15) is 26.3 Å². The van der Waals surface area contributed by atoms with E-state index in [-0.39, 0.29) is 12.0 Å². The summed E-state index contributed by atoms with van der Waals surface area (Å²) in [6.07, 6.45) is 0. The monoisotopic (exact) mass is 309 g/mol. The maximum absolute atomic E-state index is 11.7. The first-order valence-electron chi connectivity index (χ1n) is 6.99. The van der Waals surface area contributed by atoms with E-state index in [1.807, 2.05) is 12.1 Å². The van der Waals surface area contributed by atoms with Crippen molar-refractivity contribution in [1.82, 2.24) is 5.32 Å². The Morgan fingerprint density at radius 3 is 2.27 bits per heavy atom. The van der Waals surface area contributed by atoms with Gasteiger partial charge in [0.15, 0.2) is 12.6 Å². The highest BCUT2D eigenvalue weighted by Gasteiger charge is 2.20. The summed E-state index contributed by atoms with van der Waals surface area (Å²) in [5.41, 5.74) is 1.21. The summed E-state index contributed by atoms with van der Waals surface area (Å²) in [5.74, 6) is -0.656. The average molecular weight is 309 g/mol. The maximum atomic E-state index is 11.7. The zero-order valence-corrected chi connectivity index (χ0v) is 13.4. The van der Waals surface area contributed by atoms with Gasteiger partial charge < -0.3 is 19.9 Å². The third-order valence-electron chi connectivity index (χ3n) is 3.09. The van der Waals surface area contributed by atoms with Crippen LogP contribution in [0.25, 0.3) is 0 Å². The molecule has 1 aromatic rings. The number of carbonyl (C=O) groups excluding carboxylic acids is 2. The lowest BCUT2D eigenvalue weighted by atomic mass is 9.87. The van der Waals surface area contributed by atoms with Crippen molar-refractivity contribution >= 4 is 11.9 Å². The highest BCUT2D eigenvalue weighted by molar-refractivity contribution is 5.85. The van der Waals surface area contributed by atoms with Crippen molar-refractivity contribution in [2.24, 2.45) is 0 Å². The Labute approximate surface area is 130 Å². The van der Waals surface area contributed by atoms with Gasteiger partial charge in [-0.2, -0.15) is 0 Å². The predicted octanol–water partition coefficient (Wildman–Crippen LogP) is 1.01. The van der Waals surface area contributed by atoms with Crippen LogP contribution in [0.4, 0.5) is 0 Å². The molecule has 0 aromatic heterocycles. The van der Waals surface area contributed by atoms with Gasteiger partial charge in [0.2, 0.25) is 0 Å². The molecule has 0 heterocycles. The lowest BCUT2D eigenvalue weighted by molar-refractivity contribution is -0.146. The van der Waals surface area contributed by atoms with Crippen LogP contribution in [0.3, 0.4) is 0 Å². The van der Waals surface area contributed by atoms with Gasteiger partial charge >= 0.3 is 5.97 Å². The molecule has 0 fully saturated rings. The van der Waals surface area contributed by atoms with Gasteiger partial charge in [0.1, 0.15) is 5.75 Å². The maximum Gasteiger partial charge on any atom is 0.330 e. The first-order chi connectivity index (χ1) is 10.3. The molecule has 6 heteroatoms. The van der Waals surface area contributed by atoms with Gasteiger partial charge in [-0.1, -0.05) is 32.9 Å². The van der Waals surface area contributed by atoms with E-state index in [0.29, 0.717) is 5.75 Å². The van der Waals surface area contributed by atoms with Crippen LogP contribution in [-0.4, -0.2) is 43.3 Å². The second-order valence-electron chi connectivity index (χ2n) is 5.89. The van der Waals surface area contributed by atoms with E-state index in [4.69, 9.17) is 9.84 Å². The Kier molecular flexibility index (Phi) is 6.37. The van der Waals surface area contributed by atoms with E-state index in [2.05, 4.69) is 30.8 Å². The largest absolute Gasteiger partial charge is 0.484 e. The van der Waals surface area contributed by atoms with Crippen LogP contribution in [-0.2, 0) is 19.7 Å². The van der Waals surface area contributed by atoms with Crippen LogP contribution in [0.15, 0.2) is 24.3 Å². The smallest absolute Gasteiger partial charge is 0.330 e. The Hall–Kier alpha value is -2.08. The number of benzene rings is 1. The van der Waals surface area contributed by atoms with Crippen LogP contribution in [0.2, 0.25) is 0 Å². The predicted molar refractivity (Wildman–Crippen MR) is 81.7 cm³/mol. The molecule has 1 rings (SSSR count). The molecule has 0 unspecified atom stereocenters. The molecular weight excluding hydrogens is 286 g/mol. The van der Waals surface area contributed by atoms with Crippen molar-refractivity contribution in [3.05, 3.63) is 29.8 Å². The van der Waals surface area contributed by atoms with E-state index in [1.54, 1.807) is 12.1 Å². The molecule has 0 saturated carbocycles. The molecule has 0 aliphatic carbocycles. The second kappa shape index (κ2) is 7.79. The van der Waals surface area contributed by atoms with Crippen molar-refractivity contribution in [2.45, 2.75) is 32.2 Å². The van der Waals surface area contributed by atoms with Crippen molar-refractivity contribution < 1.29 is 24.2 Å². The number of amides is 1. The summed E-state index contributed by atoms with van der Waals surface area (Å²) in [4.78, 5) is 22.9. The number of methoxy groups -OCH3 is 1. The van der Waals surface area contributed by atoms with E-state index in [9.17, 15) is 9.59 Å². The lowest BCUT2D eigenvalue weighted by Gasteiger charge is -2.19. The van der Waals surface area contributed by atoms with Gasteiger partial charge in [0.05, 0.1) is 13.7 Å². The number of carbonyl (C=O) groups is 2. The third kappa shape index (κ3) is 5.37. The fraction of sp³-hybridized carbons (Fsp3) is 0.500. The van der Waals surface area contributed by atoms with Gasteiger partial charge in [-0.05, 0) is 23.1 Å². The molecule has 0 radical (unpaired) electrons. The summed E-state index contributed by atoms with van der Waals surface area (Å²) in [6.45, 7) is 5.55. The van der Waals surface area contributed by atoms with Gasteiger partial charge in [0, 0.05) is 0 Å². The summed E-state index contributed by atoms with van der Waals surface area (Å²) in [7, 11) is 1.18. The minimum Gasteiger partial charge on any atom is -0.484 e. The first kappa shape index (κ1) is 18.0. The number of rotatable bonds is 6. The van der Waals surface area contributed by atoms with Crippen molar-refractivity contribution in [1.29, 1.82) is 0 Å². The molecule has 0 aliphatic heterocycles. The normalized spacial score (nSPS) is 12.4. The molecule has 0 spiro atoms. The zero-order chi connectivity index (χ0) is 16.8. The molecule has 22 heavy (non-hydrogen) atoms. The van der Waals surface area contributed by atoms with Gasteiger partial charge in [0.25, 0.3) is 5.91 Å². The number of aliphatic hydroxyl groups is 1. The minimum atomic E-state index is -1.08. The number of nitrogens with one attached hydrogen (secondary N) is 1. The molecular formula is C16H23NO5. The molecule has 0 aliphatic rings. The quantitative estimate of drug-likeness (QED) is 0.766. The summed E-state index contributed by atoms with van der Waals surface area (Å²) >= 11 is 0. The van der Waals surface area contributed by atoms with Gasteiger partial charge in [-0.15, -0.1) is 0 Å². The van der Waals surface area contributed by atoms with E-state index in [1.165, 1.54) is 7.11 Å². The Morgan fingerprint density at radius 1 is 1.23 bits per heavy atom. The van der Waals surface area contributed by atoms with Crippen molar-refractivity contribution in [3.63, 3.8) is 0 Å². The number of aliphatic hydroxyl groups excluding tert-OH is 1. The van der Waals surface area contributed by atoms with Crippen LogP contribution >= 0.6 is 0 Å². The van der Waals surface area contributed by atoms with E-state index in [0.717, 1.165) is 5.56 Å². The van der Waals surface area contributed by atoms with E-state index < -0.39 is 24.5 Å². The molecule has 122 valence electrons. The minimum absolute atomic E-state index is 0.0464. The van der Waals surface area contributed by atoms with Crippen LogP contribution < -0.4 is 10.1 Å². The topological polar surface area (TPSA) is 84.9 Å². The fourth-order valence-corrected chi connectivity index (χ4v) is 1.76. The van der Waals surface area contributed by atoms with Crippen molar-refractivity contribution in [2.75, 3.05) is 20.3 Å². The fourth-order valence-electron chi connectivity index (χ4n) is 1.76. The standard InChI is InChI=1S/C16H23NO5/c1-16(2,3)11-5-7-12(8-6-11)22-10-14(19)17-13(9-18)15(20)21-4/h5-8,13,18H,9-10H2,1-4H3,(H,17,19)/t13-/m1/s1. The molecule has 1 aromatic carbocycles. The highest BCUT2D eigenvalue weighted by Crippen LogP contribution is 2.24. The molecule has 0 saturated heterocycles. The average Bonchev–Trinajstić information content (AvgIpc) is 2.49. The third-order valence-corrected chi connectivity index (χ3v) is 3.09. The van der Waals surface area contributed by atoms with E-state index >= 15 is 0 Å². The lowest BCUT2D eigenvalue weighted by Crippen LogP contribution is -2.45. The molecule has 6 nitrogen and oxygen atoms in total. The van der Waals surface area contributed by atoms with Crippen LogP contribution in [0, 0.1) is 0 Å². The molecule has 2 N–H and O–H groups in total. The summed E-state index contributed by atoms with van der Waals surface area (Å²) in [6, 6.07) is 6.38. The second-order valence-corrected chi connectivity index (χ2v) is 5.89. The Balaban J connectivity index is 2.52. The Bertz CT molecular complexity index is 504. The number of ether oxygens (including phenoxy) is 2. The number of hydrogen-bond donors (Lipinski definition) is 2. The Morgan fingerprint density at radius 2 is 1.82 bits per heavy atom. The van der Waals surface area contributed by atoms with Gasteiger partial charge in [-0.25, -0.2) is 4.79 Å². The number of esters is 1. The molecule has 1 amide bonds. The molecule has 0 bridgehead atoms. The summed E-state index contributed by atoms with van der Waals surface area (Å²) < 4.78 is 9.81. The summed E-state index contributed by atoms with van der Waals surface area (Å²) in [5, 5.41) is 11.3.